The number of rotatable bonds is 4. The Morgan fingerprint density at radius 1 is 1.41 bits per heavy atom. The topological polar surface area (TPSA) is 58.4 Å². The number of likely N-dealkylation sites (tertiary alicyclic amines) is 1. The first-order chi connectivity index (χ1) is 10.6. The van der Waals surface area contributed by atoms with Gasteiger partial charge in [-0.05, 0) is 37.9 Å². The van der Waals surface area contributed by atoms with E-state index < -0.39 is 5.97 Å². The van der Waals surface area contributed by atoms with Gasteiger partial charge in [-0.25, -0.2) is 9.78 Å². The fourth-order valence-electron chi connectivity index (χ4n) is 3.34. The largest absolute Gasteiger partial charge is 0.478 e. The molecule has 5 heteroatoms. The maximum absolute atomic E-state index is 11.4. The maximum Gasteiger partial charge on any atom is 0.336 e. The van der Waals surface area contributed by atoms with Gasteiger partial charge in [0.15, 0.2) is 0 Å². The van der Waals surface area contributed by atoms with Gasteiger partial charge in [0.1, 0.15) is 5.82 Å². The van der Waals surface area contributed by atoms with Gasteiger partial charge in [0, 0.05) is 19.8 Å². The maximum atomic E-state index is 11.4. The summed E-state index contributed by atoms with van der Waals surface area (Å²) in [5.41, 5.74) is 2.28. The number of carbonyl (C=O) groups is 1. The quantitative estimate of drug-likeness (QED) is 0.943. The number of nitrogens with zero attached hydrogens (tertiary/aromatic N) is 3. The average Bonchev–Trinajstić information content (AvgIpc) is 3.05. The van der Waals surface area contributed by atoms with Crippen molar-refractivity contribution in [1.29, 1.82) is 0 Å². The first kappa shape index (κ1) is 14.8. The molecule has 1 aliphatic rings. The smallest absolute Gasteiger partial charge is 0.336 e. The number of benzene rings is 1. The monoisotopic (exact) mass is 299 g/mol. The number of imidazole rings is 1. The lowest BCUT2D eigenvalue weighted by atomic mass is 10.1. The molecule has 0 bridgehead atoms. The number of carboxylic acid groups (broad SMARTS) is 1. The zero-order valence-corrected chi connectivity index (χ0v) is 13.0. The second-order valence-electron chi connectivity index (χ2n) is 5.94. The van der Waals surface area contributed by atoms with Gasteiger partial charge in [0.25, 0.3) is 0 Å². The molecule has 116 valence electrons. The molecule has 1 aliphatic heterocycles. The van der Waals surface area contributed by atoms with Crippen LogP contribution in [0.3, 0.4) is 0 Å². The summed E-state index contributed by atoms with van der Waals surface area (Å²) < 4.78 is 2.08. The summed E-state index contributed by atoms with van der Waals surface area (Å²) in [6, 6.07) is 7.52. The molecule has 1 atom stereocenters. The molecule has 0 aliphatic carbocycles. The fraction of sp³-hybridized carbons (Fsp3) is 0.412. The molecule has 5 nitrogen and oxygen atoms in total. The summed E-state index contributed by atoms with van der Waals surface area (Å²) in [6.45, 7) is 3.63. The lowest BCUT2D eigenvalue weighted by Gasteiger charge is -2.24. The van der Waals surface area contributed by atoms with Gasteiger partial charge in [-0.15, -0.1) is 0 Å². The summed E-state index contributed by atoms with van der Waals surface area (Å²) in [4.78, 5) is 18.4. The van der Waals surface area contributed by atoms with Gasteiger partial charge in [-0.1, -0.05) is 18.2 Å². The standard InChI is InChI=1S/C17H21N3O2/c1-12-10-19(2)16(18-12)15-8-5-9-20(15)11-13-6-3-4-7-14(13)17(21)22/h3-4,6-7,10,15H,5,8-9,11H2,1-2H3,(H,21,22). The number of aromatic nitrogens is 2. The molecule has 1 saturated heterocycles. The van der Waals surface area contributed by atoms with E-state index in [0.29, 0.717) is 12.1 Å². The van der Waals surface area contributed by atoms with Crippen LogP contribution in [0.15, 0.2) is 30.5 Å². The van der Waals surface area contributed by atoms with E-state index in [9.17, 15) is 9.90 Å². The van der Waals surface area contributed by atoms with Gasteiger partial charge in [0.2, 0.25) is 0 Å². The minimum Gasteiger partial charge on any atom is -0.478 e. The van der Waals surface area contributed by atoms with E-state index in [1.807, 2.05) is 32.3 Å². The van der Waals surface area contributed by atoms with Crippen LogP contribution in [0, 0.1) is 6.92 Å². The molecule has 22 heavy (non-hydrogen) atoms. The van der Waals surface area contributed by atoms with Crippen LogP contribution in [0.1, 0.15) is 46.3 Å². The second-order valence-corrected chi connectivity index (χ2v) is 5.94. The molecule has 2 aromatic rings. The lowest BCUT2D eigenvalue weighted by Crippen LogP contribution is -2.25. The third-order valence-corrected chi connectivity index (χ3v) is 4.32. The molecule has 0 radical (unpaired) electrons. The van der Waals surface area contributed by atoms with Gasteiger partial charge in [0.05, 0.1) is 17.3 Å². The van der Waals surface area contributed by atoms with Crippen molar-refractivity contribution >= 4 is 5.97 Å². The molecule has 0 spiro atoms. The predicted molar refractivity (Wildman–Crippen MR) is 83.7 cm³/mol. The predicted octanol–water partition coefficient (Wildman–Crippen LogP) is 2.76. The molecule has 1 N–H and O–H groups in total. The summed E-state index contributed by atoms with van der Waals surface area (Å²) in [7, 11) is 2.02. The van der Waals surface area contributed by atoms with Gasteiger partial charge in [-0.2, -0.15) is 0 Å². The van der Waals surface area contributed by atoms with E-state index in [4.69, 9.17) is 0 Å². The van der Waals surface area contributed by atoms with Crippen molar-refractivity contribution in [2.75, 3.05) is 6.54 Å². The van der Waals surface area contributed by atoms with Gasteiger partial charge in [-0.3, -0.25) is 4.90 Å². The first-order valence-corrected chi connectivity index (χ1v) is 7.61. The molecule has 3 rings (SSSR count). The second kappa shape index (κ2) is 5.93. The summed E-state index contributed by atoms with van der Waals surface area (Å²) in [5, 5.41) is 9.33. The zero-order valence-electron chi connectivity index (χ0n) is 13.0. The molecule has 1 unspecified atom stereocenters. The number of hydrogen-bond acceptors (Lipinski definition) is 3. The Kier molecular flexibility index (Phi) is 3.98. The van der Waals surface area contributed by atoms with Crippen molar-refractivity contribution in [3.63, 3.8) is 0 Å². The zero-order chi connectivity index (χ0) is 15.7. The normalized spacial score (nSPS) is 18.7. The highest BCUT2D eigenvalue weighted by Gasteiger charge is 2.29. The molecular weight excluding hydrogens is 278 g/mol. The molecule has 1 fully saturated rings. The molecule has 0 amide bonds. The molecular formula is C17H21N3O2. The van der Waals surface area contributed by atoms with E-state index in [0.717, 1.165) is 36.5 Å². The number of aryl methyl sites for hydroxylation is 2. The van der Waals surface area contributed by atoms with E-state index in [1.165, 1.54) is 0 Å². The van der Waals surface area contributed by atoms with Crippen molar-refractivity contribution in [3.8, 4) is 0 Å². The van der Waals surface area contributed by atoms with Crippen LogP contribution in [-0.4, -0.2) is 32.1 Å². The van der Waals surface area contributed by atoms with Crippen LogP contribution >= 0.6 is 0 Å². The van der Waals surface area contributed by atoms with Crippen LogP contribution in [0.5, 0.6) is 0 Å². The minimum absolute atomic E-state index is 0.264. The fourth-order valence-corrected chi connectivity index (χ4v) is 3.34. The Labute approximate surface area is 130 Å². The van der Waals surface area contributed by atoms with Crippen molar-refractivity contribution < 1.29 is 9.90 Å². The van der Waals surface area contributed by atoms with Crippen LogP contribution in [0.2, 0.25) is 0 Å². The van der Waals surface area contributed by atoms with Crippen LogP contribution in [-0.2, 0) is 13.6 Å². The van der Waals surface area contributed by atoms with Gasteiger partial charge < -0.3 is 9.67 Å². The summed E-state index contributed by atoms with van der Waals surface area (Å²) >= 11 is 0. The highest BCUT2D eigenvalue weighted by atomic mass is 16.4. The third kappa shape index (κ3) is 2.76. The van der Waals surface area contributed by atoms with Crippen molar-refractivity contribution in [3.05, 3.63) is 53.1 Å². The van der Waals surface area contributed by atoms with Gasteiger partial charge >= 0.3 is 5.97 Å². The van der Waals surface area contributed by atoms with Crippen LogP contribution < -0.4 is 0 Å². The van der Waals surface area contributed by atoms with E-state index >= 15 is 0 Å². The lowest BCUT2D eigenvalue weighted by molar-refractivity contribution is 0.0694. The van der Waals surface area contributed by atoms with E-state index in [1.54, 1.807) is 12.1 Å². The number of carboxylic acids is 1. The molecule has 1 aromatic heterocycles. The molecule has 2 heterocycles. The van der Waals surface area contributed by atoms with Crippen LogP contribution in [0.25, 0.3) is 0 Å². The minimum atomic E-state index is -0.862. The van der Waals surface area contributed by atoms with Crippen molar-refractivity contribution in [2.24, 2.45) is 7.05 Å². The van der Waals surface area contributed by atoms with E-state index in [2.05, 4.69) is 14.5 Å². The SMILES string of the molecule is Cc1cn(C)c(C2CCCN2Cc2ccccc2C(=O)O)n1. The Bertz CT molecular complexity index is 693. The first-order valence-electron chi connectivity index (χ1n) is 7.61. The third-order valence-electron chi connectivity index (χ3n) is 4.32. The Morgan fingerprint density at radius 3 is 2.86 bits per heavy atom. The van der Waals surface area contributed by atoms with E-state index in [-0.39, 0.29) is 6.04 Å². The molecule has 1 aromatic carbocycles. The highest BCUT2D eigenvalue weighted by Crippen LogP contribution is 2.32. The van der Waals surface area contributed by atoms with Crippen molar-refractivity contribution in [1.82, 2.24) is 14.5 Å². The summed E-state index contributed by atoms with van der Waals surface area (Å²) in [5.74, 6) is 0.210. The summed E-state index contributed by atoms with van der Waals surface area (Å²) in [6.07, 6.45) is 4.22. The Hall–Kier alpha value is -2.14. The number of hydrogen-bond donors (Lipinski definition) is 1. The van der Waals surface area contributed by atoms with Crippen molar-refractivity contribution in [2.45, 2.75) is 32.4 Å². The molecule has 0 saturated carbocycles. The Morgan fingerprint density at radius 2 is 2.18 bits per heavy atom. The Balaban J connectivity index is 1.86. The van der Waals surface area contributed by atoms with Crippen LogP contribution in [0.4, 0.5) is 0 Å². The highest BCUT2D eigenvalue weighted by molar-refractivity contribution is 5.89. The average molecular weight is 299 g/mol. The number of aromatic carboxylic acids is 1.